The zero-order chi connectivity index (χ0) is 31.5. The number of ether oxygens (including phenoxy) is 1. The van der Waals surface area contributed by atoms with Crippen LogP contribution >= 0.6 is 15.6 Å². The molecule has 0 spiro atoms. The minimum absolute atomic E-state index is 0. The van der Waals surface area contributed by atoms with Crippen LogP contribution in [0, 0.1) is 27.2 Å². The van der Waals surface area contributed by atoms with Crippen LogP contribution in [-0.2, 0) is 22.9 Å². The van der Waals surface area contributed by atoms with E-state index in [-0.39, 0.29) is 94.0 Å². The second-order valence-corrected chi connectivity index (χ2v) is 11.5. The van der Waals surface area contributed by atoms with Crippen molar-refractivity contribution in [1.82, 2.24) is 9.55 Å². The Bertz CT molecular complexity index is 1740. The quantitative estimate of drug-likeness (QED) is 0.0813. The van der Waals surface area contributed by atoms with Crippen molar-refractivity contribution in [2.24, 2.45) is 0 Å². The molecular formula is C22H20N4Na2O15P2. The summed E-state index contributed by atoms with van der Waals surface area (Å²) in [6.45, 7) is 0.509. The van der Waals surface area contributed by atoms with Gasteiger partial charge in [-0.15, -0.1) is 0 Å². The van der Waals surface area contributed by atoms with Crippen LogP contribution in [0.4, 0.5) is 11.4 Å². The van der Waals surface area contributed by atoms with Gasteiger partial charge in [0, 0.05) is 42.4 Å². The molecule has 0 bridgehead atoms. The van der Waals surface area contributed by atoms with Crippen LogP contribution in [0.2, 0.25) is 0 Å². The van der Waals surface area contributed by atoms with Gasteiger partial charge in [0.1, 0.15) is 23.8 Å². The van der Waals surface area contributed by atoms with Crippen LogP contribution in [0.5, 0.6) is 11.5 Å². The Kier molecular flexibility index (Phi) is 13.9. The third-order valence-corrected chi connectivity index (χ3v) is 7.69. The number of non-ortho nitro benzene ring substituents is 2. The number of hydrogen-bond donors (Lipinski definition) is 1. The first-order chi connectivity index (χ1) is 20.1. The number of rotatable bonds is 12. The summed E-state index contributed by atoms with van der Waals surface area (Å²) in [5.41, 5.74) is -2.15. The number of benzene rings is 2. The summed E-state index contributed by atoms with van der Waals surface area (Å²) in [5, 5.41) is 21.6. The smallest absolute Gasteiger partial charge is 0.746 e. The van der Waals surface area contributed by atoms with Gasteiger partial charge in [-0.1, -0.05) is 0 Å². The van der Waals surface area contributed by atoms with Gasteiger partial charge < -0.3 is 32.6 Å². The maximum atomic E-state index is 12.7. The van der Waals surface area contributed by atoms with Crippen LogP contribution in [0.25, 0.3) is 0 Å². The Hall–Kier alpha value is -2.22. The minimum Gasteiger partial charge on any atom is -0.746 e. The van der Waals surface area contributed by atoms with Crippen molar-refractivity contribution in [1.29, 1.82) is 0 Å². The number of nitro benzene ring substituents is 2. The van der Waals surface area contributed by atoms with E-state index in [2.05, 4.69) is 4.98 Å². The largest absolute Gasteiger partial charge is 1.00 e. The van der Waals surface area contributed by atoms with Crippen molar-refractivity contribution in [2.75, 3.05) is 6.61 Å². The van der Waals surface area contributed by atoms with Crippen molar-refractivity contribution in [3.05, 3.63) is 101 Å². The van der Waals surface area contributed by atoms with Crippen molar-refractivity contribution in [3.8, 4) is 11.5 Å². The van der Waals surface area contributed by atoms with Gasteiger partial charge in [0.25, 0.3) is 16.9 Å². The Labute approximate surface area is 296 Å². The first-order valence-corrected chi connectivity index (χ1v) is 14.9. The number of phosphoric ester groups is 2. The first kappa shape index (κ1) is 39.0. The van der Waals surface area contributed by atoms with E-state index in [0.717, 1.165) is 59.3 Å². The number of nitro groups is 2. The number of phosphoric acid groups is 2. The predicted octanol–water partition coefficient (Wildman–Crippen LogP) is -4.55. The van der Waals surface area contributed by atoms with Gasteiger partial charge in [-0.05, 0) is 31.2 Å². The normalized spacial score (nSPS) is 20.0. The molecule has 1 aliphatic heterocycles. The van der Waals surface area contributed by atoms with Gasteiger partial charge in [0.2, 0.25) is 0 Å². The molecule has 3 aromatic rings. The van der Waals surface area contributed by atoms with Crippen LogP contribution in [0.1, 0.15) is 18.2 Å². The number of H-pyrrole nitrogens is 1. The van der Waals surface area contributed by atoms with Gasteiger partial charge in [-0.3, -0.25) is 43.7 Å². The zero-order valence-electron chi connectivity index (χ0n) is 23.7. The van der Waals surface area contributed by atoms with Crippen molar-refractivity contribution >= 4 is 27.0 Å². The zero-order valence-corrected chi connectivity index (χ0v) is 29.5. The number of nitrogens with one attached hydrogen (secondary N) is 1. The number of aromatic nitrogens is 2. The van der Waals surface area contributed by atoms with E-state index >= 15 is 0 Å². The maximum Gasteiger partial charge on any atom is 1.00 e. The number of hydrogen-bond acceptors (Lipinski definition) is 15. The Morgan fingerprint density at radius 2 is 1.40 bits per heavy atom. The molecule has 1 fully saturated rings. The number of nitrogens with zero attached hydrogens (tertiary/aromatic N) is 3. The Morgan fingerprint density at radius 3 is 1.89 bits per heavy atom. The molecule has 230 valence electrons. The molecule has 1 saturated heterocycles. The second-order valence-electron chi connectivity index (χ2n) is 8.86. The summed E-state index contributed by atoms with van der Waals surface area (Å²) < 4.78 is 51.3. The van der Waals surface area contributed by atoms with E-state index in [1.165, 1.54) is 6.92 Å². The summed E-state index contributed by atoms with van der Waals surface area (Å²) in [7, 11) is -10.4. The van der Waals surface area contributed by atoms with Crippen molar-refractivity contribution in [2.45, 2.75) is 31.8 Å². The molecule has 0 aliphatic carbocycles. The molecule has 1 N–H and O–H groups in total. The Morgan fingerprint density at radius 1 is 0.911 bits per heavy atom. The van der Waals surface area contributed by atoms with Gasteiger partial charge in [-0.2, -0.15) is 0 Å². The van der Waals surface area contributed by atoms with Crippen LogP contribution < -0.4 is 89.2 Å². The summed E-state index contributed by atoms with van der Waals surface area (Å²) in [6.07, 6.45) is -3.48. The van der Waals surface area contributed by atoms with E-state index in [0.29, 0.717) is 0 Å². The fourth-order valence-electron chi connectivity index (χ4n) is 3.83. The van der Waals surface area contributed by atoms with Crippen molar-refractivity contribution < 1.29 is 111 Å². The molecule has 0 radical (unpaired) electrons. The van der Waals surface area contributed by atoms with Crippen molar-refractivity contribution in [3.63, 3.8) is 0 Å². The number of aromatic amines is 1. The van der Waals surface area contributed by atoms with Crippen LogP contribution in [-0.4, -0.2) is 38.2 Å². The van der Waals surface area contributed by atoms with E-state index in [4.69, 9.17) is 22.8 Å². The molecule has 3 unspecified atom stereocenters. The number of aryl methyl sites for hydroxylation is 1. The summed E-state index contributed by atoms with van der Waals surface area (Å²) in [5.74, 6) is -0.655. The standard InChI is InChI=1S/C22H22N4O15P2.2Na/c1-13-11-24(22(28)23-21(13)27)20-10-18(41-43(35,36)40-17-8-4-15(5-9-17)26(31)32)19(38-20)12-37-42(33,34)39-16-6-2-14(3-7-16)25(29)30;;/h2-9,11,18-20H,10,12H2,1H3,(H,33,34)(H,35,36)(H,23,27,28);;/q;2*+1/p-2/t18?,19-,20-;;/m1../s1. The molecule has 0 amide bonds. The topological polar surface area (TPSA) is 268 Å². The molecule has 45 heavy (non-hydrogen) atoms. The molecule has 4 rings (SSSR count). The fourth-order valence-corrected chi connectivity index (χ4v) is 5.56. The maximum absolute atomic E-state index is 12.7. The SMILES string of the molecule is Cc1cn([C@H]2CC(OP(=O)([O-])Oc3ccc([N+](=O)[O-])cc3)[C@@H](COP(=O)([O-])Oc3ccc([N+](=O)[O-])cc3)O2)c(=O)[nH]c1=O.[Na+].[Na+]. The molecule has 1 aromatic heterocycles. The molecule has 2 heterocycles. The molecule has 23 heteroatoms. The first-order valence-electron chi connectivity index (χ1n) is 11.9. The van der Waals surface area contributed by atoms with Gasteiger partial charge in [-0.25, -0.2) is 4.79 Å². The Balaban J connectivity index is 0.00000353. The molecule has 19 nitrogen and oxygen atoms in total. The van der Waals surface area contributed by atoms with E-state index in [9.17, 15) is 48.7 Å². The van der Waals surface area contributed by atoms with Gasteiger partial charge in [0.15, 0.2) is 0 Å². The summed E-state index contributed by atoms with van der Waals surface area (Å²) in [4.78, 5) is 71.5. The van der Waals surface area contributed by atoms with Crippen LogP contribution in [0.15, 0.2) is 64.3 Å². The average molecular weight is 688 g/mol. The van der Waals surface area contributed by atoms with Gasteiger partial charge in [0.05, 0.1) is 22.6 Å². The van der Waals surface area contributed by atoms with Crippen LogP contribution in [0.3, 0.4) is 0 Å². The average Bonchev–Trinajstić information content (AvgIpc) is 3.31. The minimum atomic E-state index is -5.25. The van der Waals surface area contributed by atoms with E-state index < -0.39 is 61.8 Å². The van der Waals surface area contributed by atoms with Gasteiger partial charge >= 0.3 is 80.4 Å². The monoisotopic (exact) mass is 688 g/mol. The molecule has 1 aliphatic rings. The predicted molar refractivity (Wildman–Crippen MR) is 138 cm³/mol. The van der Waals surface area contributed by atoms with E-state index in [1.807, 2.05) is 0 Å². The van der Waals surface area contributed by atoms with E-state index in [1.54, 1.807) is 0 Å². The second kappa shape index (κ2) is 16.1. The fraction of sp³-hybridized carbons (Fsp3) is 0.273. The molecule has 2 aromatic carbocycles. The third kappa shape index (κ3) is 10.7. The third-order valence-electron chi connectivity index (χ3n) is 5.83. The summed E-state index contributed by atoms with van der Waals surface area (Å²) >= 11 is 0. The molecular weight excluding hydrogens is 668 g/mol. The molecule has 5 atom stereocenters. The summed E-state index contributed by atoms with van der Waals surface area (Å²) in [6, 6.07) is 7.99. The molecule has 0 saturated carbocycles.